The molecule has 1 N–H and O–H groups in total. The maximum Gasteiger partial charge on any atom is 0.326 e. The first kappa shape index (κ1) is 10.7. The van der Waals surface area contributed by atoms with Gasteiger partial charge in [0.2, 0.25) is 5.91 Å². The summed E-state index contributed by atoms with van der Waals surface area (Å²) in [6.07, 6.45) is 0.848. The number of likely N-dealkylation sites (tertiary alicyclic amines) is 1. The van der Waals surface area contributed by atoms with Crippen LogP contribution in [0, 0.1) is 0 Å². The van der Waals surface area contributed by atoms with E-state index in [1.165, 1.54) is 4.90 Å². The van der Waals surface area contributed by atoms with Gasteiger partial charge >= 0.3 is 5.97 Å². The molecule has 0 unspecified atom stereocenters. The number of amides is 1. The van der Waals surface area contributed by atoms with Crippen LogP contribution in [0.15, 0.2) is 30.3 Å². The van der Waals surface area contributed by atoms with E-state index in [1.807, 2.05) is 30.3 Å². The Kier molecular flexibility index (Phi) is 2.90. The van der Waals surface area contributed by atoms with E-state index in [4.69, 9.17) is 5.11 Å². The Labute approximate surface area is 93.5 Å². The van der Waals surface area contributed by atoms with Crippen LogP contribution in [0.5, 0.6) is 0 Å². The lowest BCUT2D eigenvalue weighted by atomic mass is 10.0. The first-order chi connectivity index (χ1) is 7.68. The molecule has 0 spiro atoms. The molecule has 84 valence electrons. The number of carboxylic acid groups (broad SMARTS) is 1. The van der Waals surface area contributed by atoms with Crippen molar-refractivity contribution in [1.82, 2.24) is 4.90 Å². The summed E-state index contributed by atoms with van der Waals surface area (Å²) < 4.78 is 0. The topological polar surface area (TPSA) is 57.6 Å². The summed E-state index contributed by atoms with van der Waals surface area (Å²) >= 11 is 0. The molecule has 1 aromatic carbocycles. The largest absolute Gasteiger partial charge is 0.480 e. The van der Waals surface area contributed by atoms with Gasteiger partial charge in [-0.25, -0.2) is 4.79 Å². The molecule has 4 heteroatoms. The minimum absolute atomic E-state index is 0.0664. The zero-order chi connectivity index (χ0) is 11.5. The van der Waals surface area contributed by atoms with Crippen molar-refractivity contribution in [3.63, 3.8) is 0 Å². The van der Waals surface area contributed by atoms with E-state index >= 15 is 0 Å². The molecular weight excluding hydrogens is 206 g/mol. The summed E-state index contributed by atoms with van der Waals surface area (Å²) in [7, 11) is 0. The average molecular weight is 219 g/mol. The number of carbonyl (C=O) groups excluding carboxylic acids is 1. The standard InChI is InChI=1S/C12H13NO3/c14-11-6-7-13(11)10(12(15)16)8-9-4-2-1-3-5-9/h1-5,10H,6-8H2,(H,15,16)/t10-/m0/s1. The first-order valence-corrected chi connectivity index (χ1v) is 5.24. The van der Waals surface area contributed by atoms with Crippen molar-refractivity contribution in [2.24, 2.45) is 0 Å². The van der Waals surface area contributed by atoms with Gasteiger partial charge < -0.3 is 10.0 Å². The third-order valence-electron chi connectivity index (χ3n) is 2.82. The number of carbonyl (C=O) groups is 2. The summed E-state index contributed by atoms with van der Waals surface area (Å²) in [5.74, 6) is -1.000. The van der Waals surface area contributed by atoms with Crippen molar-refractivity contribution in [3.05, 3.63) is 35.9 Å². The summed E-state index contributed by atoms with van der Waals surface area (Å²) in [5, 5.41) is 9.09. The molecule has 0 aliphatic carbocycles. The smallest absolute Gasteiger partial charge is 0.326 e. The molecule has 1 aliphatic heterocycles. The minimum atomic E-state index is -0.933. The van der Waals surface area contributed by atoms with Crippen molar-refractivity contribution in [2.75, 3.05) is 6.54 Å². The summed E-state index contributed by atoms with van der Waals surface area (Å²) in [6, 6.07) is 8.65. The predicted octanol–water partition coefficient (Wildman–Crippen LogP) is 0.915. The molecule has 1 atom stereocenters. The molecule has 1 fully saturated rings. The summed E-state index contributed by atoms with van der Waals surface area (Å²) in [4.78, 5) is 23.7. The molecule has 0 aromatic heterocycles. The van der Waals surface area contributed by atoms with Crippen LogP contribution in [0.2, 0.25) is 0 Å². The Morgan fingerprint density at radius 3 is 2.50 bits per heavy atom. The maximum absolute atomic E-state index is 11.2. The second-order valence-corrected chi connectivity index (χ2v) is 3.88. The van der Waals surface area contributed by atoms with Crippen molar-refractivity contribution in [1.29, 1.82) is 0 Å². The highest BCUT2D eigenvalue weighted by molar-refractivity contribution is 5.87. The molecule has 1 saturated heterocycles. The third-order valence-corrected chi connectivity index (χ3v) is 2.82. The van der Waals surface area contributed by atoms with Crippen LogP contribution in [0.3, 0.4) is 0 Å². The second-order valence-electron chi connectivity index (χ2n) is 3.88. The Hall–Kier alpha value is -1.84. The molecule has 1 heterocycles. The van der Waals surface area contributed by atoms with Gasteiger partial charge in [0.05, 0.1) is 0 Å². The minimum Gasteiger partial charge on any atom is -0.480 e. The molecule has 0 radical (unpaired) electrons. The van der Waals surface area contributed by atoms with Crippen LogP contribution >= 0.6 is 0 Å². The van der Waals surface area contributed by atoms with Gasteiger partial charge in [0.25, 0.3) is 0 Å². The highest BCUT2D eigenvalue weighted by Gasteiger charge is 2.35. The lowest BCUT2D eigenvalue weighted by Gasteiger charge is -2.35. The molecule has 0 bridgehead atoms. The van der Waals surface area contributed by atoms with Crippen LogP contribution in [-0.4, -0.2) is 34.5 Å². The number of hydrogen-bond acceptors (Lipinski definition) is 2. The van der Waals surface area contributed by atoms with Crippen molar-refractivity contribution < 1.29 is 14.7 Å². The quantitative estimate of drug-likeness (QED) is 0.766. The van der Waals surface area contributed by atoms with Crippen molar-refractivity contribution in [3.8, 4) is 0 Å². The van der Waals surface area contributed by atoms with Gasteiger partial charge in [-0.05, 0) is 5.56 Å². The second kappa shape index (κ2) is 4.35. The van der Waals surface area contributed by atoms with Crippen molar-refractivity contribution >= 4 is 11.9 Å². The molecule has 1 aliphatic rings. The molecule has 2 rings (SSSR count). The Balaban J connectivity index is 2.09. The van der Waals surface area contributed by atoms with Gasteiger partial charge in [-0.3, -0.25) is 4.79 Å². The van der Waals surface area contributed by atoms with E-state index in [9.17, 15) is 9.59 Å². The monoisotopic (exact) mass is 219 g/mol. The number of rotatable bonds is 4. The number of hydrogen-bond donors (Lipinski definition) is 1. The van der Waals surface area contributed by atoms with Gasteiger partial charge in [-0.2, -0.15) is 0 Å². The zero-order valence-corrected chi connectivity index (χ0v) is 8.80. The van der Waals surface area contributed by atoms with E-state index in [0.717, 1.165) is 5.56 Å². The van der Waals surface area contributed by atoms with Crippen molar-refractivity contribution in [2.45, 2.75) is 18.9 Å². The fourth-order valence-corrected chi connectivity index (χ4v) is 1.83. The summed E-state index contributed by atoms with van der Waals surface area (Å²) in [6.45, 7) is 0.558. The van der Waals surface area contributed by atoms with Gasteiger partial charge in [0.1, 0.15) is 6.04 Å². The fourth-order valence-electron chi connectivity index (χ4n) is 1.83. The van der Waals surface area contributed by atoms with Gasteiger partial charge in [0, 0.05) is 19.4 Å². The SMILES string of the molecule is O=C(O)[C@H](Cc1ccccc1)N1CCC1=O. The lowest BCUT2D eigenvalue weighted by Crippen LogP contribution is -2.54. The number of benzene rings is 1. The van der Waals surface area contributed by atoms with Crippen LogP contribution in [0.1, 0.15) is 12.0 Å². The number of β-lactam (4-membered cyclic amide) rings is 1. The normalized spacial score (nSPS) is 16.8. The first-order valence-electron chi connectivity index (χ1n) is 5.24. The van der Waals surface area contributed by atoms with Gasteiger partial charge in [-0.15, -0.1) is 0 Å². The van der Waals surface area contributed by atoms with Crippen LogP contribution in [0.25, 0.3) is 0 Å². The number of carboxylic acids is 1. The molecule has 16 heavy (non-hydrogen) atoms. The van der Waals surface area contributed by atoms with Gasteiger partial charge in [0.15, 0.2) is 0 Å². The van der Waals surface area contributed by atoms with E-state index < -0.39 is 12.0 Å². The summed E-state index contributed by atoms with van der Waals surface area (Å²) in [5.41, 5.74) is 0.939. The molecular formula is C12H13NO3. The molecule has 1 amide bonds. The highest BCUT2D eigenvalue weighted by Crippen LogP contribution is 2.17. The van der Waals surface area contributed by atoms with Crippen LogP contribution < -0.4 is 0 Å². The Morgan fingerprint density at radius 1 is 1.38 bits per heavy atom. The number of nitrogens with zero attached hydrogens (tertiary/aromatic N) is 1. The molecule has 1 aromatic rings. The maximum atomic E-state index is 11.2. The molecule has 4 nitrogen and oxygen atoms in total. The van der Waals surface area contributed by atoms with Crippen LogP contribution in [0.4, 0.5) is 0 Å². The van der Waals surface area contributed by atoms with E-state index in [0.29, 0.717) is 19.4 Å². The fraction of sp³-hybridized carbons (Fsp3) is 0.333. The highest BCUT2D eigenvalue weighted by atomic mass is 16.4. The van der Waals surface area contributed by atoms with Crippen LogP contribution in [-0.2, 0) is 16.0 Å². The lowest BCUT2D eigenvalue weighted by molar-refractivity contribution is -0.156. The number of aliphatic carboxylic acids is 1. The van der Waals surface area contributed by atoms with E-state index in [1.54, 1.807) is 0 Å². The van der Waals surface area contributed by atoms with E-state index in [2.05, 4.69) is 0 Å². The molecule has 0 saturated carbocycles. The third kappa shape index (κ3) is 2.05. The Morgan fingerprint density at radius 2 is 2.06 bits per heavy atom. The predicted molar refractivity (Wildman–Crippen MR) is 57.9 cm³/mol. The van der Waals surface area contributed by atoms with E-state index in [-0.39, 0.29) is 5.91 Å². The zero-order valence-electron chi connectivity index (χ0n) is 8.80. The average Bonchev–Trinajstić information content (AvgIpc) is 2.27. The Bertz CT molecular complexity index is 402. The van der Waals surface area contributed by atoms with Gasteiger partial charge in [-0.1, -0.05) is 30.3 Å².